The van der Waals surface area contributed by atoms with Gasteiger partial charge < -0.3 is 20.3 Å². The summed E-state index contributed by atoms with van der Waals surface area (Å²) in [5, 5.41) is 6.06. The quantitative estimate of drug-likeness (QED) is 0.752. The molecule has 2 N–H and O–H groups in total. The highest BCUT2D eigenvalue weighted by molar-refractivity contribution is 5.92. The summed E-state index contributed by atoms with van der Waals surface area (Å²) in [4.78, 5) is 13.8. The molecular weight excluding hydrogens is 254 g/mol. The Hall–Kier alpha value is -1.59. The number of nitrogens with zero attached hydrogens (tertiary/aromatic N) is 1. The van der Waals surface area contributed by atoms with Crippen LogP contribution in [0.4, 0.5) is 5.69 Å². The maximum Gasteiger partial charge on any atom is 0.238 e. The molecule has 20 heavy (non-hydrogen) atoms. The highest BCUT2D eigenvalue weighted by Gasteiger charge is 2.21. The number of nitrogens with one attached hydrogen (secondary N) is 2. The molecule has 0 heterocycles. The summed E-state index contributed by atoms with van der Waals surface area (Å²) in [5.41, 5.74) is 0.773. The molecule has 0 spiro atoms. The first-order chi connectivity index (χ1) is 9.63. The van der Waals surface area contributed by atoms with Crippen LogP contribution in [0.5, 0.6) is 5.75 Å². The summed E-state index contributed by atoms with van der Waals surface area (Å²) in [5.74, 6) is 0.766. The lowest BCUT2D eigenvalue weighted by atomic mass is 10.3. The van der Waals surface area contributed by atoms with Crippen molar-refractivity contribution in [1.82, 2.24) is 10.2 Å². The van der Waals surface area contributed by atoms with Gasteiger partial charge in [0.15, 0.2) is 0 Å². The molecule has 1 aromatic rings. The standard InChI is InChI=1S/C15H23N3O2/c1-18(2)8-9-20-14-5-3-4-13(10-14)17-15(19)11-16-12-6-7-12/h3-5,10,12,16H,6-9,11H2,1-2H3,(H,17,19). The Morgan fingerprint density at radius 2 is 2.20 bits per heavy atom. The lowest BCUT2D eigenvalue weighted by Gasteiger charge is -2.12. The summed E-state index contributed by atoms with van der Waals surface area (Å²) in [7, 11) is 4.01. The molecule has 5 nitrogen and oxygen atoms in total. The first-order valence-corrected chi connectivity index (χ1v) is 7.04. The van der Waals surface area contributed by atoms with E-state index in [2.05, 4.69) is 15.5 Å². The SMILES string of the molecule is CN(C)CCOc1cccc(NC(=O)CNC2CC2)c1. The molecule has 0 unspecified atom stereocenters. The number of carbonyl (C=O) groups excluding carboxylic acids is 1. The Morgan fingerprint density at radius 3 is 2.90 bits per heavy atom. The smallest absolute Gasteiger partial charge is 0.238 e. The Labute approximate surface area is 120 Å². The number of hydrogen-bond acceptors (Lipinski definition) is 4. The van der Waals surface area contributed by atoms with Gasteiger partial charge in [0.05, 0.1) is 6.54 Å². The molecule has 0 bridgehead atoms. The van der Waals surface area contributed by atoms with Crippen molar-refractivity contribution in [3.8, 4) is 5.75 Å². The average Bonchev–Trinajstić information content (AvgIpc) is 3.20. The third-order valence-corrected chi connectivity index (χ3v) is 3.05. The molecule has 5 heteroatoms. The molecule has 0 aromatic heterocycles. The van der Waals surface area contributed by atoms with Gasteiger partial charge in [0.2, 0.25) is 5.91 Å². The van der Waals surface area contributed by atoms with Crippen molar-refractivity contribution in [1.29, 1.82) is 0 Å². The van der Waals surface area contributed by atoms with Crippen LogP contribution in [0.25, 0.3) is 0 Å². The topological polar surface area (TPSA) is 53.6 Å². The lowest BCUT2D eigenvalue weighted by molar-refractivity contribution is -0.115. The highest BCUT2D eigenvalue weighted by Crippen LogP contribution is 2.19. The molecule has 1 aromatic carbocycles. The monoisotopic (exact) mass is 277 g/mol. The van der Waals surface area contributed by atoms with Crippen molar-refractivity contribution >= 4 is 11.6 Å². The van der Waals surface area contributed by atoms with Crippen molar-refractivity contribution in [2.45, 2.75) is 18.9 Å². The van der Waals surface area contributed by atoms with Crippen molar-refractivity contribution in [2.75, 3.05) is 39.1 Å². The molecule has 1 amide bonds. The van der Waals surface area contributed by atoms with Crippen LogP contribution < -0.4 is 15.4 Å². The average molecular weight is 277 g/mol. The van der Waals surface area contributed by atoms with Gasteiger partial charge in [-0.25, -0.2) is 0 Å². The van der Waals surface area contributed by atoms with Gasteiger partial charge in [-0.05, 0) is 39.1 Å². The fraction of sp³-hybridized carbons (Fsp3) is 0.533. The van der Waals surface area contributed by atoms with Gasteiger partial charge in [0.25, 0.3) is 0 Å². The minimum Gasteiger partial charge on any atom is -0.492 e. The van der Waals surface area contributed by atoms with Crippen molar-refractivity contribution < 1.29 is 9.53 Å². The van der Waals surface area contributed by atoms with E-state index in [4.69, 9.17) is 4.74 Å². The van der Waals surface area contributed by atoms with Gasteiger partial charge in [0, 0.05) is 24.3 Å². The van der Waals surface area contributed by atoms with E-state index < -0.39 is 0 Å². The zero-order valence-electron chi connectivity index (χ0n) is 12.2. The van der Waals surface area contributed by atoms with Crippen LogP contribution in [0, 0.1) is 0 Å². The largest absolute Gasteiger partial charge is 0.492 e. The predicted molar refractivity (Wildman–Crippen MR) is 80.1 cm³/mol. The number of ether oxygens (including phenoxy) is 1. The Kier molecular flexibility index (Phi) is 5.38. The summed E-state index contributed by atoms with van der Waals surface area (Å²) < 4.78 is 5.64. The number of anilines is 1. The van der Waals surface area contributed by atoms with Gasteiger partial charge in [-0.3, -0.25) is 4.79 Å². The molecule has 0 saturated heterocycles. The van der Waals surface area contributed by atoms with Gasteiger partial charge in [-0.1, -0.05) is 6.07 Å². The third kappa shape index (κ3) is 5.59. The van der Waals surface area contributed by atoms with Crippen LogP contribution >= 0.6 is 0 Å². The fourth-order valence-electron chi connectivity index (χ4n) is 1.74. The lowest BCUT2D eigenvalue weighted by Crippen LogP contribution is -2.29. The molecule has 1 aliphatic carbocycles. The molecular formula is C15H23N3O2. The number of rotatable bonds is 8. The van der Waals surface area contributed by atoms with Gasteiger partial charge in [-0.15, -0.1) is 0 Å². The van der Waals surface area contributed by atoms with Gasteiger partial charge in [0.1, 0.15) is 12.4 Å². The minimum atomic E-state index is -0.0117. The molecule has 110 valence electrons. The van der Waals surface area contributed by atoms with E-state index in [-0.39, 0.29) is 5.91 Å². The Bertz CT molecular complexity index is 444. The predicted octanol–water partition coefficient (Wildman–Crippen LogP) is 1.32. The minimum absolute atomic E-state index is 0.0117. The van der Waals surface area contributed by atoms with Crippen LogP contribution in [0.2, 0.25) is 0 Å². The van der Waals surface area contributed by atoms with Gasteiger partial charge >= 0.3 is 0 Å². The van der Waals surface area contributed by atoms with Crippen LogP contribution in [0.3, 0.4) is 0 Å². The zero-order valence-corrected chi connectivity index (χ0v) is 12.2. The second-order valence-corrected chi connectivity index (χ2v) is 5.38. The van der Waals surface area contributed by atoms with Crippen molar-refractivity contribution in [3.05, 3.63) is 24.3 Å². The third-order valence-electron chi connectivity index (χ3n) is 3.05. The normalized spacial score (nSPS) is 14.3. The maximum atomic E-state index is 11.7. The first kappa shape index (κ1) is 14.8. The number of hydrogen-bond donors (Lipinski definition) is 2. The summed E-state index contributed by atoms with van der Waals surface area (Å²) in [6.07, 6.45) is 2.37. The molecule has 2 rings (SSSR count). The summed E-state index contributed by atoms with van der Waals surface area (Å²) in [6, 6.07) is 8.04. The van der Waals surface area contributed by atoms with E-state index in [0.29, 0.717) is 19.2 Å². The second-order valence-electron chi connectivity index (χ2n) is 5.38. The zero-order chi connectivity index (χ0) is 14.4. The maximum absolute atomic E-state index is 11.7. The van der Waals surface area contributed by atoms with E-state index >= 15 is 0 Å². The summed E-state index contributed by atoms with van der Waals surface area (Å²) in [6.45, 7) is 1.87. The van der Waals surface area contributed by atoms with E-state index in [9.17, 15) is 4.79 Å². The van der Waals surface area contributed by atoms with E-state index in [1.54, 1.807) is 0 Å². The Morgan fingerprint density at radius 1 is 1.40 bits per heavy atom. The Balaban J connectivity index is 1.77. The summed E-state index contributed by atoms with van der Waals surface area (Å²) >= 11 is 0. The molecule has 0 radical (unpaired) electrons. The number of benzene rings is 1. The molecule has 0 atom stereocenters. The van der Waals surface area contributed by atoms with Crippen LogP contribution in [0.1, 0.15) is 12.8 Å². The van der Waals surface area contributed by atoms with E-state index in [1.165, 1.54) is 12.8 Å². The van der Waals surface area contributed by atoms with Crippen LogP contribution in [-0.2, 0) is 4.79 Å². The molecule has 1 aliphatic rings. The second kappa shape index (κ2) is 7.26. The molecule has 1 saturated carbocycles. The van der Waals surface area contributed by atoms with Crippen molar-refractivity contribution in [3.63, 3.8) is 0 Å². The number of amides is 1. The molecule has 0 aliphatic heterocycles. The fourth-order valence-corrected chi connectivity index (χ4v) is 1.74. The van der Waals surface area contributed by atoms with Crippen molar-refractivity contribution in [2.24, 2.45) is 0 Å². The first-order valence-electron chi connectivity index (χ1n) is 7.04. The number of carbonyl (C=O) groups is 1. The van der Waals surface area contributed by atoms with Gasteiger partial charge in [-0.2, -0.15) is 0 Å². The van der Waals surface area contributed by atoms with Crippen LogP contribution in [-0.4, -0.2) is 50.6 Å². The van der Waals surface area contributed by atoms with E-state index in [1.807, 2.05) is 38.4 Å². The number of likely N-dealkylation sites (N-methyl/N-ethyl adjacent to an activating group) is 1. The molecule has 1 fully saturated rings. The van der Waals surface area contributed by atoms with E-state index in [0.717, 1.165) is 18.0 Å². The highest BCUT2D eigenvalue weighted by atomic mass is 16.5. The van der Waals surface area contributed by atoms with Crippen LogP contribution in [0.15, 0.2) is 24.3 Å².